The number of rotatable bonds is 6. The Kier molecular flexibility index (Phi) is 5.82. The van der Waals surface area contributed by atoms with E-state index >= 15 is 0 Å². The van der Waals surface area contributed by atoms with E-state index in [2.05, 4.69) is 71.8 Å². The normalized spacial score (nSPS) is 15.8. The summed E-state index contributed by atoms with van der Waals surface area (Å²) >= 11 is 0. The second-order valence-electron chi connectivity index (χ2n) is 8.96. The highest BCUT2D eigenvalue weighted by Gasteiger charge is 2.28. The summed E-state index contributed by atoms with van der Waals surface area (Å²) in [6.45, 7) is 6.39. The van der Waals surface area contributed by atoms with Crippen molar-refractivity contribution in [3.05, 3.63) is 88.6 Å². The fourth-order valence-electron chi connectivity index (χ4n) is 4.49. The van der Waals surface area contributed by atoms with Gasteiger partial charge in [0.05, 0.1) is 11.8 Å². The zero-order valence-electron chi connectivity index (χ0n) is 19.1. The van der Waals surface area contributed by atoms with Gasteiger partial charge in [0.25, 0.3) is 0 Å². The minimum atomic E-state index is 0.191. The molecule has 0 aliphatic carbocycles. The van der Waals surface area contributed by atoms with E-state index in [0.717, 1.165) is 47.6 Å². The number of nitrogens with one attached hydrogen (secondary N) is 2. The molecule has 0 radical (unpaired) electrons. The van der Waals surface area contributed by atoms with Gasteiger partial charge in [0.2, 0.25) is 5.91 Å². The molecule has 0 spiro atoms. The zero-order chi connectivity index (χ0) is 22.8. The van der Waals surface area contributed by atoms with Crippen LogP contribution in [-0.2, 0) is 17.8 Å². The summed E-state index contributed by atoms with van der Waals surface area (Å²) in [5.41, 5.74) is 6.57. The van der Waals surface area contributed by atoms with Crippen LogP contribution in [0.25, 0.3) is 11.0 Å². The average Bonchev–Trinajstić information content (AvgIpc) is 3.48. The maximum atomic E-state index is 12.9. The molecule has 33 heavy (non-hydrogen) atoms. The molecule has 1 amide bonds. The number of aromatic amines is 1. The van der Waals surface area contributed by atoms with Crippen LogP contribution in [0.2, 0.25) is 0 Å². The van der Waals surface area contributed by atoms with Crippen LogP contribution in [0, 0.1) is 13.8 Å². The van der Waals surface area contributed by atoms with Crippen molar-refractivity contribution < 1.29 is 4.79 Å². The van der Waals surface area contributed by atoms with Crippen LogP contribution in [0.5, 0.6) is 0 Å². The lowest BCUT2D eigenvalue weighted by molar-refractivity contribution is -0.129. The molecule has 1 aliphatic heterocycles. The minimum Gasteiger partial charge on any atom is -0.364 e. The predicted octanol–water partition coefficient (Wildman–Crippen LogP) is 4.75. The lowest BCUT2D eigenvalue weighted by Gasteiger charge is -2.17. The van der Waals surface area contributed by atoms with Crippen molar-refractivity contribution in [1.82, 2.24) is 20.1 Å². The summed E-state index contributed by atoms with van der Waals surface area (Å²) in [4.78, 5) is 19.7. The number of pyridine rings is 1. The molecule has 0 saturated carbocycles. The molecule has 6 heteroatoms. The molecule has 0 bridgehead atoms. The Bertz CT molecular complexity index is 1280. The number of amides is 1. The number of aryl methyl sites for hydroxylation is 2. The molecule has 1 saturated heterocycles. The SMILES string of the molecule is Cc1ccc(CC(=O)N2CCC(c3ccc4c(NCc5ccccc5)n[nH]c4n3)C2)cc1C. The first-order valence-electron chi connectivity index (χ1n) is 11.5. The number of nitrogens with zero attached hydrogens (tertiary/aromatic N) is 3. The lowest BCUT2D eigenvalue weighted by Crippen LogP contribution is -2.30. The monoisotopic (exact) mass is 439 g/mol. The standard InChI is InChI=1S/C27H29N5O/c1-18-8-9-21(14-19(18)2)15-25(33)32-13-12-22(17-32)24-11-10-23-26(30-31-27(23)29-24)28-16-20-6-4-3-5-7-20/h3-11,14,22H,12-13,15-17H2,1-2H3,(H2,28,29,30,31). The topological polar surface area (TPSA) is 73.9 Å². The number of carbonyl (C=O) groups excluding carboxylic acids is 1. The zero-order valence-corrected chi connectivity index (χ0v) is 19.1. The number of fused-ring (bicyclic) bond motifs is 1. The molecular formula is C27H29N5O. The molecule has 2 aromatic heterocycles. The van der Waals surface area contributed by atoms with Crippen molar-refractivity contribution in [3.8, 4) is 0 Å². The van der Waals surface area contributed by atoms with Gasteiger partial charge < -0.3 is 10.2 Å². The average molecular weight is 440 g/mol. The molecule has 3 heterocycles. The van der Waals surface area contributed by atoms with Gasteiger partial charge in [0.15, 0.2) is 11.5 Å². The van der Waals surface area contributed by atoms with Gasteiger partial charge >= 0.3 is 0 Å². The second-order valence-corrected chi connectivity index (χ2v) is 8.96. The van der Waals surface area contributed by atoms with Crippen molar-refractivity contribution in [3.63, 3.8) is 0 Å². The third kappa shape index (κ3) is 4.60. The van der Waals surface area contributed by atoms with Gasteiger partial charge in [-0.25, -0.2) is 4.98 Å². The molecule has 1 unspecified atom stereocenters. The van der Waals surface area contributed by atoms with E-state index < -0.39 is 0 Å². The van der Waals surface area contributed by atoms with Gasteiger partial charge in [-0.05, 0) is 54.7 Å². The van der Waals surface area contributed by atoms with E-state index in [4.69, 9.17) is 4.98 Å². The molecule has 168 valence electrons. The van der Waals surface area contributed by atoms with E-state index in [1.165, 1.54) is 16.7 Å². The number of anilines is 1. The number of hydrogen-bond donors (Lipinski definition) is 2. The smallest absolute Gasteiger partial charge is 0.227 e. The Balaban J connectivity index is 1.23. The van der Waals surface area contributed by atoms with Crippen LogP contribution in [0.15, 0.2) is 60.7 Å². The van der Waals surface area contributed by atoms with Crippen LogP contribution >= 0.6 is 0 Å². The quantitative estimate of drug-likeness (QED) is 0.455. The van der Waals surface area contributed by atoms with Crippen LogP contribution in [0.4, 0.5) is 5.82 Å². The molecule has 2 N–H and O–H groups in total. The summed E-state index contributed by atoms with van der Waals surface area (Å²) in [5, 5.41) is 11.9. The summed E-state index contributed by atoms with van der Waals surface area (Å²) < 4.78 is 0. The maximum absolute atomic E-state index is 12.9. The first kappa shape index (κ1) is 21.2. The van der Waals surface area contributed by atoms with Crippen molar-refractivity contribution in [1.29, 1.82) is 0 Å². The van der Waals surface area contributed by atoms with Gasteiger partial charge in [0.1, 0.15) is 0 Å². The van der Waals surface area contributed by atoms with Crippen molar-refractivity contribution in [2.75, 3.05) is 18.4 Å². The summed E-state index contributed by atoms with van der Waals surface area (Å²) in [5.74, 6) is 1.25. The number of aromatic nitrogens is 3. The molecule has 1 atom stereocenters. The van der Waals surface area contributed by atoms with Crippen molar-refractivity contribution in [2.45, 2.75) is 39.2 Å². The van der Waals surface area contributed by atoms with Crippen LogP contribution in [-0.4, -0.2) is 39.1 Å². The first-order chi connectivity index (χ1) is 16.1. The Labute approximate surface area is 194 Å². The van der Waals surface area contributed by atoms with E-state index in [9.17, 15) is 4.79 Å². The van der Waals surface area contributed by atoms with Crippen molar-refractivity contribution >= 4 is 22.8 Å². The Morgan fingerprint density at radius 3 is 2.73 bits per heavy atom. The van der Waals surface area contributed by atoms with Crippen LogP contribution in [0.3, 0.4) is 0 Å². The fraction of sp³-hybridized carbons (Fsp3) is 0.296. The maximum Gasteiger partial charge on any atom is 0.227 e. The molecule has 1 aliphatic rings. The molecule has 6 nitrogen and oxygen atoms in total. The number of benzene rings is 2. The summed E-state index contributed by atoms with van der Waals surface area (Å²) in [6, 6.07) is 20.7. The number of likely N-dealkylation sites (tertiary alicyclic amines) is 1. The molecule has 4 aromatic rings. The van der Waals surface area contributed by atoms with Gasteiger partial charge in [-0.1, -0.05) is 48.5 Å². The van der Waals surface area contributed by atoms with Crippen LogP contribution < -0.4 is 5.32 Å². The van der Waals surface area contributed by atoms with E-state index in [-0.39, 0.29) is 11.8 Å². The second kappa shape index (κ2) is 9.06. The fourth-order valence-corrected chi connectivity index (χ4v) is 4.49. The molecule has 1 fully saturated rings. The third-order valence-electron chi connectivity index (χ3n) is 6.63. The highest BCUT2D eigenvalue weighted by molar-refractivity contribution is 5.87. The van der Waals surface area contributed by atoms with Gasteiger partial charge in [-0.3, -0.25) is 9.89 Å². The van der Waals surface area contributed by atoms with Gasteiger partial charge in [-0.15, -0.1) is 0 Å². The first-order valence-corrected chi connectivity index (χ1v) is 11.5. The summed E-state index contributed by atoms with van der Waals surface area (Å²) in [7, 11) is 0. The van der Waals surface area contributed by atoms with E-state index in [1.807, 2.05) is 23.1 Å². The van der Waals surface area contributed by atoms with Crippen LogP contribution in [0.1, 0.15) is 40.3 Å². The Hall–Kier alpha value is -3.67. The molecular weight excluding hydrogens is 410 g/mol. The van der Waals surface area contributed by atoms with E-state index in [0.29, 0.717) is 13.0 Å². The summed E-state index contributed by atoms with van der Waals surface area (Å²) in [6.07, 6.45) is 1.39. The third-order valence-corrected chi connectivity index (χ3v) is 6.63. The molecule has 2 aromatic carbocycles. The Morgan fingerprint density at radius 2 is 1.91 bits per heavy atom. The van der Waals surface area contributed by atoms with Gasteiger partial charge in [0, 0.05) is 31.2 Å². The number of hydrogen-bond acceptors (Lipinski definition) is 4. The largest absolute Gasteiger partial charge is 0.364 e. The highest BCUT2D eigenvalue weighted by Crippen LogP contribution is 2.29. The number of carbonyl (C=O) groups is 1. The van der Waals surface area contributed by atoms with E-state index in [1.54, 1.807) is 0 Å². The predicted molar refractivity (Wildman–Crippen MR) is 131 cm³/mol. The Morgan fingerprint density at radius 1 is 1.06 bits per heavy atom. The number of H-pyrrole nitrogens is 1. The molecule has 5 rings (SSSR count). The van der Waals surface area contributed by atoms with Crippen molar-refractivity contribution in [2.24, 2.45) is 0 Å². The minimum absolute atomic E-state index is 0.191. The lowest BCUT2D eigenvalue weighted by atomic mass is 10.0. The van der Waals surface area contributed by atoms with Gasteiger partial charge in [-0.2, -0.15) is 5.10 Å². The highest BCUT2D eigenvalue weighted by atomic mass is 16.2.